The van der Waals surface area contributed by atoms with Crippen LogP contribution in [0, 0.1) is 0 Å². The maximum absolute atomic E-state index is 10.6. The molecule has 2 aromatic rings. The predicted octanol–water partition coefficient (Wildman–Crippen LogP) is 0.629. The lowest BCUT2D eigenvalue weighted by atomic mass is 10.1. The highest BCUT2D eigenvalue weighted by atomic mass is 16.5. The predicted molar refractivity (Wildman–Crippen MR) is 56.7 cm³/mol. The molecule has 0 aliphatic rings. The summed E-state index contributed by atoms with van der Waals surface area (Å²) < 4.78 is 6.78. The van der Waals surface area contributed by atoms with Gasteiger partial charge in [-0.3, -0.25) is 4.79 Å². The Bertz CT molecular complexity index is 538. The van der Waals surface area contributed by atoms with Crippen LogP contribution in [0.25, 0.3) is 0 Å². The van der Waals surface area contributed by atoms with Crippen molar-refractivity contribution >= 4 is 5.97 Å². The second kappa shape index (κ2) is 4.60. The van der Waals surface area contributed by atoms with Crippen LogP contribution >= 0.6 is 0 Å². The molecular formula is C10H10N4O3. The third-order valence-electron chi connectivity index (χ3n) is 2.04. The average molecular weight is 234 g/mol. The van der Waals surface area contributed by atoms with Gasteiger partial charge in [0.05, 0.1) is 6.42 Å². The van der Waals surface area contributed by atoms with Crippen molar-refractivity contribution in [1.29, 1.82) is 0 Å². The van der Waals surface area contributed by atoms with E-state index in [-0.39, 0.29) is 12.4 Å². The minimum atomic E-state index is -0.887. The molecule has 1 heterocycles. The Morgan fingerprint density at radius 2 is 2.35 bits per heavy atom. The molecule has 0 unspecified atom stereocenters. The van der Waals surface area contributed by atoms with Crippen molar-refractivity contribution in [2.24, 2.45) is 7.05 Å². The van der Waals surface area contributed by atoms with Crippen LogP contribution in [0.1, 0.15) is 5.56 Å². The first-order valence-corrected chi connectivity index (χ1v) is 4.86. The summed E-state index contributed by atoms with van der Waals surface area (Å²) in [5, 5.41) is 19.4. The zero-order chi connectivity index (χ0) is 12.3. The minimum Gasteiger partial charge on any atom is -0.481 e. The Hall–Kier alpha value is -2.44. The number of aromatic nitrogens is 4. The fourth-order valence-corrected chi connectivity index (χ4v) is 1.31. The van der Waals surface area contributed by atoms with E-state index in [1.54, 1.807) is 31.3 Å². The van der Waals surface area contributed by atoms with E-state index < -0.39 is 5.97 Å². The van der Waals surface area contributed by atoms with E-state index in [9.17, 15) is 4.79 Å². The summed E-state index contributed by atoms with van der Waals surface area (Å²) in [7, 11) is 1.65. The molecule has 1 aromatic carbocycles. The summed E-state index contributed by atoms with van der Waals surface area (Å²) in [5.41, 5.74) is 0.658. The minimum absolute atomic E-state index is 0.0474. The second-order valence-electron chi connectivity index (χ2n) is 3.41. The zero-order valence-corrected chi connectivity index (χ0v) is 9.07. The topological polar surface area (TPSA) is 90.1 Å². The van der Waals surface area contributed by atoms with Gasteiger partial charge in [-0.2, -0.15) is 4.68 Å². The number of benzene rings is 1. The Morgan fingerprint density at radius 1 is 1.53 bits per heavy atom. The molecule has 0 saturated heterocycles. The summed E-state index contributed by atoms with van der Waals surface area (Å²) in [6.45, 7) is 0. The number of hydrogen-bond acceptors (Lipinski definition) is 5. The fraction of sp³-hybridized carbons (Fsp3) is 0.200. The number of carbonyl (C=O) groups is 1. The van der Waals surface area contributed by atoms with Gasteiger partial charge in [-0.05, 0) is 28.1 Å². The highest BCUT2D eigenvalue weighted by molar-refractivity contribution is 5.70. The molecule has 7 nitrogen and oxygen atoms in total. The molecule has 1 N–H and O–H groups in total. The molecule has 0 aliphatic heterocycles. The van der Waals surface area contributed by atoms with E-state index in [0.29, 0.717) is 11.3 Å². The molecule has 0 saturated carbocycles. The normalized spacial score (nSPS) is 10.2. The highest BCUT2D eigenvalue weighted by Gasteiger charge is 2.06. The van der Waals surface area contributed by atoms with Crippen molar-refractivity contribution in [2.75, 3.05) is 0 Å². The first-order valence-electron chi connectivity index (χ1n) is 4.86. The SMILES string of the molecule is Cn1nnnc1Oc1cccc(CC(=O)O)c1. The summed E-state index contributed by atoms with van der Waals surface area (Å²) in [6.07, 6.45) is -0.0474. The number of rotatable bonds is 4. The molecular weight excluding hydrogens is 224 g/mol. The van der Waals surface area contributed by atoms with E-state index in [1.807, 2.05) is 0 Å². The van der Waals surface area contributed by atoms with Gasteiger partial charge in [0, 0.05) is 7.05 Å². The lowest BCUT2D eigenvalue weighted by Crippen LogP contribution is -2.00. The number of nitrogens with zero attached hydrogens (tertiary/aromatic N) is 4. The molecule has 0 fully saturated rings. The maximum atomic E-state index is 10.6. The Kier molecular flexibility index (Phi) is 2.99. The molecule has 17 heavy (non-hydrogen) atoms. The van der Waals surface area contributed by atoms with Gasteiger partial charge in [-0.15, -0.1) is 0 Å². The number of tetrazole rings is 1. The van der Waals surface area contributed by atoms with Crippen molar-refractivity contribution in [3.05, 3.63) is 29.8 Å². The molecule has 1 aromatic heterocycles. The van der Waals surface area contributed by atoms with Gasteiger partial charge in [0.25, 0.3) is 0 Å². The number of aliphatic carboxylic acids is 1. The van der Waals surface area contributed by atoms with Crippen LogP contribution in [0.15, 0.2) is 24.3 Å². The molecule has 2 rings (SSSR count). The van der Waals surface area contributed by atoms with Crippen molar-refractivity contribution in [3.8, 4) is 11.8 Å². The van der Waals surface area contributed by atoms with Crippen LogP contribution in [-0.2, 0) is 18.3 Å². The summed E-state index contributed by atoms with van der Waals surface area (Å²) >= 11 is 0. The van der Waals surface area contributed by atoms with E-state index in [2.05, 4.69) is 15.5 Å². The average Bonchev–Trinajstić information content (AvgIpc) is 2.64. The molecule has 0 atom stereocenters. The van der Waals surface area contributed by atoms with E-state index in [4.69, 9.17) is 9.84 Å². The van der Waals surface area contributed by atoms with Gasteiger partial charge in [0.1, 0.15) is 5.75 Å². The van der Waals surface area contributed by atoms with Crippen molar-refractivity contribution < 1.29 is 14.6 Å². The van der Waals surface area contributed by atoms with Crippen molar-refractivity contribution in [3.63, 3.8) is 0 Å². The third kappa shape index (κ3) is 2.77. The molecule has 0 aliphatic carbocycles. The summed E-state index contributed by atoms with van der Waals surface area (Å²) in [5.74, 6) is -0.385. The quantitative estimate of drug-likeness (QED) is 0.834. The van der Waals surface area contributed by atoms with Gasteiger partial charge in [-0.25, -0.2) is 0 Å². The Morgan fingerprint density at radius 3 is 3.00 bits per heavy atom. The standard InChI is InChI=1S/C10H10N4O3/c1-14-10(11-12-13-14)17-8-4-2-3-7(5-8)6-9(15)16/h2-5H,6H2,1H3,(H,15,16). The zero-order valence-electron chi connectivity index (χ0n) is 9.07. The van der Waals surface area contributed by atoms with Gasteiger partial charge >= 0.3 is 12.0 Å². The van der Waals surface area contributed by atoms with Crippen LogP contribution in [0.2, 0.25) is 0 Å². The van der Waals surface area contributed by atoms with Gasteiger partial charge in [0.2, 0.25) is 0 Å². The Balaban J connectivity index is 2.16. The fourth-order valence-electron chi connectivity index (χ4n) is 1.31. The monoisotopic (exact) mass is 234 g/mol. The van der Waals surface area contributed by atoms with Crippen LogP contribution < -0.4 is 4.74 Å². The van der Waals surface area contributed by atoms with E-state index in [1.165, 1.54) is 4.68 Å². The maximum Gasteiger partial charge on any atom is 0.340 e. The highest BCUT2D eigenvalue weighted by Crippen LogP contribution is 2.19. The largest absolute Gasteiger partial charge is 0.481 e. The van der Waals surface area contributed by atoms with Crippen LogP contribution in [0.3, 0.4) is 0 Å². The van der Waals surface area contributed by atoms with E-state index in [0.717, 1.165) is 0 Å². The Labute approximate surface area is 96.6 Å². The summed E-state index contributed by atoms with van der Waals surface area (Å²) in [4.78, 5) is 10.6. The van der Waals surface area contributed by atoms with Crippen molar-refractivity contribution in [2.45, 2.75) is 6.42 Å². The van der Waals surface area contributed by atoms with Crippen LogP contribution in [0.5, 0.6) is 11.8 Å². The van der Waals surface area contributed by atoms with E-state index >= 15 is 0 Å². The number of hydrogen-bond donors (Lipinski definition) is 1. The number of ether oxygens (including phenoxy) is 1. The molecule has 0 bridgehead atoms. The smallest absolute Gasteiger partial charge is 0.340 e. The number of carboxylic acid groups (broad SMARTS) is 1. The molecule has 7 heteroatoms. The van der Waals surface area contributed by atoms with Crippen molar-refractivity contribution in [1.82, 2.24) is 20.2 Å². The third-order valence-corrected chi connectivity index (χ3v) is 2.04. The van der Waals surface area contributed by atoms with Gasteiger partial charge in [0.15, 0.2) is 0 Å². The lowest BCUT2D eigenvalue weighted by molar-refractivity contribution is -0.136. The first-order chi connectivity index (χ1) is 8.15. The molecule has 0 amide bonds. The van der Waals surface area contributed by atoms with Gasteiger partial charge < -0.3 is 9.84 Å². The first kappa shape index (κ1) is 11.1. The summed E-state index contributed by atoms with van der Waals surface area (Å²) in [6, 6.07) is 7.04. The molecule has 0 spiro atoms. The molecule has 0 radical (unpaired) electrons. The van der Waals surface area contributed by atoms with Gasteiger partial charge in [-0.1, -0.05) is 17.2 Å². The molecule has 88 valence electrons. The number of carboxylic acids is 1. The van der Waals surface area contributed by atoms with Crippen LogP contribution in [0.4, 0.5) is 0 Å². The number of aryl methyl sites for hydroxylation is 1. The van der Waals surface area contributed by atoms with Crippen LogP contribution in [-0.4, -0.2) is 31.3 Å². The second-order valence-corrected chi connectivity index (χ2v) is 3.41. The lowest BCUT2D eigenvalue weighted by Gasteiger charge is -2.04.